The van der Waals surface area contributed by atoms with Crippen molar-refractivity contribution in [3.8, 4) is 11.3 Å². The van der Waals surface area contributed by atoms with Gasteiger partial charge in [0.2, 0.25) is 0 Å². The van der Waals surface area contributed by atoms with Crippen molar-refractivity contribution in [3.63, 3.8) is 0 Å². The van der Waals surface area contributed by atoms with Crippen molar-refractivity contribution in [1.29, 1.82) is 0 Å². The van der Waals surface area contributed by atoms with Gasteiger partial charge in [0.25, 0.3) is 0 Å². The molecule has 0 saturated heterocycles. The van der Waals surface area contributed by atoms with E-state index >= 15 is 0 Å². The van der Waals surface area contributed by atoms with E-state index in [9.17, 15) is 13.2 Å². The molecule has 0 N–H and O–H groups in total. The zero-order chi connectivity index (χ0) is 20.2. The molecule has 0 atom stereocenters. The van der Waals surface area contributed by atoms with Crippen LogP contribution >= 0.6 is 0 Å². The molecule has 2 heterocycles. The normalized spacial score (nSPS) is 15.0. The van der Waals surface area contributed by atoms with Crippen LogP contribution in [0.5, 0.6) is 0 Å². The molecule has 0 spiro atoms. The van der Waals surface area contributed by atoms with Gasteiger partial charge < -0.3 is 4.90 Å². The topological polar surface area (TPSA) is 16.1 Å². The van der Waals surface area contributed by atoms with E-state index < -0.39 is 11.7 Å². The first-order valence-electron chi connectivity index (χ1n) is 9.62. The highest BCUT2D eigenvalue weighted by Crippen LogP contribution is 2.41. The van der Waals surface area contributed by atoms with E-state index in [4.69, 9.17) is 4.98 Å². The monoisotopic (exact) mass is 392 g/mol. The summed E-state index contributed by atoms with van der Waals surface area (Å²) in [5.41, 5.74) is 2.74. The zero-order valence-electron chi connectivity index (χ0n) is 15.9. The fourth-order valence-electron chi connectivity index (χ4n) is 4.41. The Labute approximate surface area is 166 Å². The molecule has 0 saturated carbocycles. The van der Waals surface area contributed by atoms with Crippen LogP contribution in [0.3, 0.4) is 0 Å². The summed E-state index contributed by atoms with van der Waals surface area (Å²) in [6.07, 6.45) is -3.63. The van der Waals surface area contributed by atoms with Crippen LogP contribution in [0, 0.1) is 0 Å². The summed E-state index contributed by atoms with van der Waals surface area (Å²) in [5, 5.41) is 3.29. The number of fused-ring (bicyclic) bond motifs is 5. The molecule has 1 aromatic heterocycles. The summed E-state index contributed by atoms with van der Waals surface area (Å²) in [5.74, 6) is 0. The summed E-state index contributed by atoms with van der Waals surface area (Å²) in [6.45, 7) is 1.46. The molecule has 29 heavy (non-hydrogen) atoms. The lowest BCUT2D eigenvalue weighted by atomic mass is 9.88. The maximum atomic E-state index is 13.7. The Morgan fingerprint density at radius 2 is 1.66 bits per heavy atom. The minimum absolute atomic E-state index is 0.154. The van der Waals surface area contributed by atoms with Gasteiger partial charge in [0.15, 0.2) is 0 Å². The third kappa shape index (κ3) is 2.97. The number of hydrogen-bond acceptors (Lipinski definition) is 2. The van der Waals surface area contributed by atoms with Crippen molar-refractivity contribution in [2.24, 2.45) is 0 Å². The second-order valence-electron chi connectivity index (χ2n) is 7.63. The number of alkyl halides is 3. The van der Waals surface area contributed by atoms with Gasteiger partial charge in [-0.15, -0.1) is 0 Å². The molecular formula is C24H19F3N2. The number of hydrogen-bond donors (Lipinski definition) is 0. The summed E-state index contributed by atoms with van der Waals surface area (Å²) in [4.78, 5) is 6.93. The first kappa shape index (κ1) is 18.1. The number of halogens is 3. The molecular weight excluding hydrogens is 373 g/mol. The molecule has 5 heteroatoms. The van der Waals surface area contributed by atoms with E-state index in [1.165, 1.54) is 12.1 Å². The highest BCUT2D eigenvalue weighted by Gasteiger charge is 2.35. The van der Waals surface area contributed by atoms with E-state index in [1.807, 2.05) is 31.3 Å². The van der Waals surface area contributed by atoms with E-state index in [2.05, 4.69) is 17.0 Å². The first-order valence-corrected chi connectivity index (χ1v) is 9.62. The van der Waals surface area contributed by atoms with Crippen molar-refractivity contribution in [3.05, 3.63) is 77.4 Å². The zero-order valence-corrected chi connectivity index (χ0v) is 15.9. The van der Waals surface area contributed by atoms with E-state index in [1.54, 1.807) is 6.07 Å². The number of nitrogens with zero attached hydrogens (tertiary/aromatic N) is 2. The van der Waals surface area contributed by atoms with E-state index in [0.29, 0.717) is 12.2 Å². The predicted molar refractivity (Wildman–Crippen MR) is 110 cm³/mol. The molecule has 0 aliphatic carbocycles. The molecule has 0 fully saturated rings. The van der Waals surface area contributed by atoms with Crippen molar-refractivity contribution in [1.82, 2.24) is 9.88 Å². The molecule has 0 bridgehead atoms. The van der Waals surface area contributed by atoms with Crippen LogP contribution in [0.2, 0.25) is 0 Å². The minimum Gasteiger partial charge on any atom is -0.302 e. The molecule has 0 radical (unpaired) electrons. The fraction of sp³-hybridized carbons (Fsp3) is 0.208. The SMILES string of the molecule is CN1CCc2c(c(-c3ccccc3C(F)(F)F)nc3ccc4ccccc4c23)C1. The van der Waals surface area contributed by atoms with Crippen LogP contribution in [0.4, 0.5) is 13.2 Å². The predicted octanol–water partition coefficient (Wildman–Crippen LogP) is 6.06. The van der Waals surface area contributed by atoms with Crippen LogP contribution in [-0.2, 0) is 19.1 Å². The lowest BCUT2D eigenvalue weighted by Gasteiger charge is -2.29. The van der Waals surface area contributed by atoms with Gasteiger partial charge in [-0.3, -0.25) is 0 Å². The smallest absolute Gasteiger partial charge is 0.302 e. The van der Waals surface area contributed by atoms with Gasteiger partial charge in [0.05, 0.1) is 16.8 Å². The van der Waals surface area contributed by atoms with Crippen LogP contribution in [0.25, 0.3) is 32.9 Å². The van der Waals surface area contributed by atoms with Gasteiger partial charge in [-0.25, -0.2) is 4.98 Å². The molecule has 5 rings (SSSR count). The Bertz CT molecular complexity index is 1240. The Hall–Kier alpha value is -2.92. The second kappa shape index (κ2) is 6.56. The Balaban J connectivity index is 1.90. The quantitative estimate of drug-likeness (QED) is 0.366. The van der Waals surface area contributed by atoms with Crippen LogP contribution in [0.15, 0.2) is 60.7 Å². The maximum Gasteiger partial charge on any atom is 0.417 e. The molecule has 2 nitrogen and oxygen atoms in total. The van der Waals surface area contributed by atoms with Gasteiger partial charge >= 0.3 is 6.18 Å². The molecule has 3 aromatic carbocycles. The highest BCUT2D eigenvalue weighted by atomic mass is 19.4. The lowest BCUT2D eigenvalue weighted by molar-refractivity contribution is -0.137. The number of benzene rings is 3. The number of likely N-dealkylation sites (N-methyl/N-ethyl adjacent to an activating group) is 1. The van der Waals surface area contributed by atoms with Crippen LogP contribution < -0.4 is 0 Å². The first-order chi connectivity index (χ1) is 13.9. The molecule has 0 unspecified atom stereocenters. The second-order valence-corrected chi connectivity index (χ2v) is 7.63. The summed E-state index contributed by atoms with van der Waals surface area (Å²) in [7, 11) is 2.00. The fourth-order valence-corrected chi connectivity index (χ4v) is 4.41. The highest BCUT2D eigenvalue weighted by molar-refractivity contribution is 6.09. The lowest BCUT2D eigenvalue weighted by Crippen LogP contribution is -2.28. The third-order valence-electron chi connectivity index (χ3n) is 5.75. The van der Waals surface area contributed by atoms with Crippen molar-refractivity contribution >= 4 is 21.7 Å². The Morgan fingerprint density at radius 3 is 2.48 bits per heavy atom. The average molecular weight is 392 g/mol. The van der Waals surface area contributed by atoms with Gasteiger partial charge in [-0.1, -0.05) is 48.5 Å². The van der Waals surface area contributed by atoms with Gasteiger partial charge in [-0.05, 0) is 47.5 Å². The van der Waals surface area contributed by atoms with Gasteiger partial charge in [-0.2, -0.15) is 13.2 Å². The number of rotatable bonds is 1. The summed E-state index contributed by atoms with van der Waals surface area (Å²) >= 11 is 0. The van der Waals surface area contributed by atoms with Crippen LogP contribution in [-0.4, -0.2) is 23.5 Å². The van der Waals surface area contributed by atoms with E-state index in [0.717, 1.165) is 51.8 Å². The summed E-state index contributed by atoms with van der Waals surface area (Å²) in [6, 6.07) is 17.8. The molecule has 146 valence electrons. The minimum atomic E-state index is -4.43. The molecule has 1 aliphatic rings. The van der Waals surface area contributed by atoms with E-state index in [-0.39, 0.29) is 5.56 Å². The average Bonchev–Trinajstić information content (AvgIpc) is 2.72. The van der Waals surface area contributed by atoms with Crippen molar-refractivity contribution in [2.75, 3.05) is 13.6 Å². The van der Waals surface area contributed by atoms with Crippen LogP contribution in [0.1, 0.15) is 16.7 Å². The van der Waals surface area contributed by atoms with Gasteiger partial charge in [0, 0.05) is 24.0 Å². The largest absolute Gasteiger partial charge is 0.417 e. The Kier molecular flexibility index (Phi) is 4.10. The standard InChI is InChI=1S/C24H19F3N2/c1-29-13-12-17-19(14-29)23(18-8-4-5-9-20(18)24(25,26)27)28-21-11-10-15-6-2-3-7-16(15)22(17)21/h2-11H,12-14H2,1H3. The molecule has 0 amide bonds. The van der Waals surface area contributed by atoms with Crippen molar-refractivity contribution < 1.29 is 13.2 Å². The Morgan fingerprint density at radius 1 is 0.897 bits per heavy atom. The number of aromatic nitrogens is 1. The molecule has 1 aliphatic heterocycles. The molecule has 4 aromatic rings. The maximum absolute atomic E-state index is 13.7. The van der Waals surface area contributed by atoms with Gasteiger partial charge in [0.1, 0.15) is 0 Å². The third-order valence-corrected chi connectivity index (χ3v) is 5.75. The van der Waals surface area contributed by atoms with Crippen molar-refractivity contribution in [2.45, 2.75) is 19.1 Å². The summed E-state index contributed by atoms with van der Waals surface area (Å²) < 4.78 is 41.2. The number of pyridine rings is 1.